The van der Waals surface area contributed by atoms with Crippen LogP contribution in [0.15, 0.2) is 65.1 Å². The van der Waals surface area contributed by atoms with E-state index < -0.39 is 24.8 Å². The van der Waals surface area contributed by atoms with Crippen molar-refractivity contribution in [1.29, 1.82) is 0 Å². The van der Waals surface area contributed by atoms with E-state index in [0.717, 1.165) is 41.2 Å². The third-order valence-electron chi connectivity index (χ3n) is 5.94. The largest absolute Gasteiger partial charge is 0.493 e. The Bertz CT molecular complexity index is 1340. The minimum absolute atomic E-state index is 0.0639. The molecule has 0 fully saturated rings. The van der Waals surface area contributed by atoms with E-state index in [1.807, 2.05) is 30.3 Å². The average Bonchev–Trinajstić information content (AvgIpc) is 2.86. The van der Waals surface area contributed by atoms with Gasteiger partial charge in [0.2, 0.25) is 0 Å². The van der Waals surface area contributed by atoms with Crippen LogP contribution in [0, 0.1) is 5.92 Å². The van der Waals surface area contributed by atoms with Crippen LogP contribution in [0.1, 0.15) is 53.7 Å². The number of carbonyl (C=O) groups is 1. The quantitative estimate of drug-likeness (QED) is 0.127. The normalized spacial score (nSPS) is 12.1. The first kappa shape index (κ1) is 31.3. The molecule has 0 aliphatic rings. The van der Waals surface area contributed by atoms with E-state index in [1.165, 1.54) is 12.1 Å². The molecule has 0 saturated heterocycles. The number of alkyl halides is 2. The summed E-state index contributed by atoms with van der Waals surface area (Å²) < 4.78 is 44.9. The Balaban J connectivity index is 1.61. The van der Waals surface area contributed by atoms with Crippen LogP contribution in [0.2, 0.25) is 0 Å². The van der Waals surface area contributed by atoms with E-state index in [-0.39, 0.29) is 10.0 Å². The number of rotatable bonds is 13. The molecule has 3 N–H and O–H groups in total. The minimum atomic E-state index is -5.64. The summed E-state index contributed by atoms with van der Waals surface area (Å²) in [5, 5.41) is 9.67. The van der Waals surface area contributed by atoms with Crippen LogP contribution in [0.3, 0.4) is 0 Å². The molecule has 3 aromatic carbocycles. The van der Waals surface area contributed by atoms with Crippen LogP contribution in [-0.4, -0.2) is 27.5 Å². The third-order valence-corrected chi connectivity index (χ3v) is 8.65. The predicted octanol–water partition coefficient (Wildman–Crippen LogP) is 8.29. The second-order valence-electron chi connectivity index (χ2n) is 9.49. The zero-order valence-corrected chi connectivity index (χ0v) is 24.7. The fraction of sp³-hybridized carbons (Fsp3) is 0.321. The summed E-state index contributed by atoms with van der Waals surface area (Å²) in [6.45, 7) is 4.72. The summed E-state index contributed by atoms with van der Waals surface area (Å²) in [6.07, 6.45) is 1.86. The van der Waals surface area contributed by atoms with Crippen LogP contribution in [0.4, 0.5) is 8.78 Å². The fourth-order valence-corrected chi connectivity index (χ4v) is 6.09. The van der Waals surface area contributed by atoms with E-state index in [2.05, 4.69) is 29.8 Å². The Morgan fingerprint density at radius 2 is 1.62 bits per heavy atom. The van der Waals surface area contributed by atoms with E-state index >= 15 is 0 Å². The molecule has 0 radical (unpaired) electrons. The van der Waals surface area contributed by atoms with Gasteiger partial charge in [0.05, 0.1) is 6.61 Å². The molecule has 39 heavy (non-hydrogen) atoms. The molecule has 0 aliphatic heterocycles. The van der Waals surface area contributed by atoms with Gasteiger partial charge in [0.25, 0.3) is 0 Å². The summed E-state index contributed by atoms with van der Waals surface area (Å²) in [5.74, 6) is 1.01. The average molecular weight is 643 g/mol. The van der Waals surface area contributed by atoms with Crippen molar-refractivity contribution >= 4 is 41.3 Å². The molecule has 0 aliphatic carbocycles. The number of benzene rings is 3. The van der Waals surface area contributed by atoms with E-state index in [0.29, 0.717) is 29.8 Å². The molecule has 3 rings (SSSR count). The van der Waals surface area contributed by atoms with E-state index in [1.54, 1.807) is 23.9 Å². The van der Waals surface area contributed by atoms with Gasteiger partial charge in [-0.1, -0.05) is 72.2 Å². The molecule has 0 amide bonds. The maximum atomic E-state index is 14.0. The molecule has 0 heterocycles. The third kappa shape index (κ3) is 8.38. The fourth-order valence-electron chi connectivity index (χ4n) is 3.81. The monoisotopic (exact) mass is 642 g/mol. The second-order valence-corrected chi connectivity index (χ2v) is 13.0. The highest BCUT2D eigenvalue weighted by molar-refractivity contribution is 9.10. The van der Waals surface area contributed by atoms with Gasteiger partial charge in [-0.25, -0.2) is 4.79 Å². The van der Waals surface area contributed by atoms with Gasteiger partial charge in [-0.3, -0.25) is 4.57 Å². The van der Waals surface area contributed by atoms with Gasteiger partial charge in [0, 0.05) is 21.5 Å². The van der Waals surface area contributed by atoms with Crippen molar-refractivity contribution in [3.63, 3.8) is 0 Å². The number of thioether (sulfide) groups is 1. The lowest BCUT2D eigenvalue weighted by Crippen LogP contribution is -2.14. The molecule has 210 valence electrons. The van der Waals surface area contributed by atoms with Crippen LogP contribution < -0.4 is 4.74 Å². The van der Waals surface area contributed by atoms with E-state index in [4.69, 9.17) is 14.5 Å². The molecule has 0 saturated carbocycles. The van der Waals surface area contributed by atoms with Gasteiger partial charge < -0.3 is 19.6 Å². The Hall–Kier alpha value is -2.23. The van der Waals surface area contributed by atoms with Crippen molar-refractivity contribution in [2.75, 3.05) is 6.61 Å². The maximum Gasteiger partial charge on any atom is 0.399 e. The number of ether oxygens (including phenoxy) is 1. The number of halogens is 3. The zero-order valence-electron chi connectivity index (χ0n) is 21.4. The van der Waals surface area contributed by atoms with Crippen molar-refractivity contribution in [1.82, 2.24) is 0 Å². The predicted molar refractivity (Wildman–Crippen MR) is 153 cm³/mol. The summed E-state index contributed by atoms with van der Waals surface area (Å²) in [4.78, 5) is 29.7. The molecule has 0 spiro atoms. The molecule has 0 bridgehead atoms. The summed E-state index contributed by atoms with van der Waals surface area (Å²) in [5.41, 5.74) is -1.53. The first-order valence-corrected chi connectivity index (χ1v) is 15.7. The SMILES string of the molecule is CC(C)CCCOc1ccc(-c2ccc(CSCc3ccc(C(F)(F)P(=O)(O)O)c(Br)c3)cc2)cc1C(=O)O. The van der Waals surface area contributed by atoms with Crippen molar-refractivity contribution in [2.24, 2.45) is 5.92 Å². The highest BCUT2D eigenvalue weighted by Crippen LogP contribution is 2.60. The Morgan fingerprint density at radius 1 is 1.00 bits per heavy atom. The molecular weight excluding hydrogens is 613 g/mol. The van der Waals surface area contributed by atoms with Crippen LogP contribution in [-0.2, 0) is 21.7 Å². The zero-order chi connectivity index (χ0) is 28.8. The number of carboxylic acid groups (broad SMARTS) is 1. The number of aromatic carboxylic acids is 1. The molecule has 0 atom stereocenters. The van der Waals surface area contributed by atoms with Gasteiger partial charge in [-0.15, -0.1) is 0 Å². The van der Waals surface area contributed by atoms with Gasteiger partial charge in [0.1, 0.15) is 11.3 Å². The standard InChI is InChI=1S/C28H30BrF2O6PS/c1-18(2)4-3-13-37-26-12-10-22(15-23(26)27(32)33)21-8-5-19(6-9-21)16-39-17-20-7-11-24(25(29)14-20)28(30,31)38(34,35)36/h5-12,14-15,18H,3-4,13,16-17H2,1-2H3,(H,32,33)(H2,34,35,36). The summed E-state index contributed by atoms with van der Waals surface area (Å²) >= 11 is 4.56. The number of carboxylic acids is 1. The van der Waals surface area contributed by atoms with Crippen molar-refractivity contribution in [3.05, 3.63) is 87.4 Å². The molecule has 0 unspecified atom stereocenters. The Morgan fingerprint density at radius 3 is 2.21 bits per heavy atom. The van der Waals surface area contributed by atoms with Crippen molar-refractivity contribution in [2.45, 2.75) is 43.9 Å². The summed E-state index contributed by atoms with van der Waals surface area (Å²) in [7, 11) is -5.64. The Kier molecular flexibility index (Phi) is 10.8. The molecule has 6 nitrogen and oxygen atoms in total. The summed E-state index contributed by atoms with van der Waals surface area (Å²) in [6, 6.07) is 16.7. The topological polar surface area (TPSA) is 104 Å². The second kappa shape index (κ2) is 13.4. The molecule has 0 aromatic heterocycles. The number of hydrogen-bond donors (Lipinski definition) is 3. The minimum Gasteiger partial charge on any atom is -0.493 e. The maximum absolute atomic E-state index is 14.0. The van der Waals surface area contributed by atoms with Gasteiger partial charge in [0.15, 0.2) is 0 Å². The molecule has 3 aromatic rings. The first-order valence-electron chi connectivity index (χ1n) is 12.2. The molecule has 11 heteroatoms. The van der Waals surface area contributed by atoms with E-state index in [9.17, 15) is 23.2 Å². The Labute approximate surface area is 239 Å². The van der Waals surface area contributed by atoms with Gasteiger partial charge >= 0.3 is 19.2 Å². The highest BCUT2D eigenvalue weighted by Gasteiger charge is 2.51. The smallest absolute Gasteiger partial charge is 0.399 e. The van der Waals surface area contributed by atoms with Crippen LogP contribution in [0.25, 0.3) is 11.1 Å². The first-order chi connectivity index (χ1) is 18.3. The lowest BCUT2D eigenvalue weighted by atomic mass is 10.0. The van der Waals surface area contributed by atoms with Crippen molar-refractivity contribution in [3.8, 4) is 16.9 Å². The van der Waals surface area contributed by atoms with Gasteiger partial charge in [-0.05, 0) is 59.2 Å². The van der Waals surface area contributed by atoms with Crippen LogP contribution >= 0.6 is 35.3 Å². The highest BCUT2D eigenvalue weighted by atomic mass is 79.9. The van der Waals surface area contributed by atoms with Crippen LogP contribution in [0.5, 0.6) is 5.75 Å². The lowest BCUT2D eigenvalue weighted by Gasteiger charge is -2.19. The number of hydrogen-bond acceptors (Lipinski definition) is 4. The van der Waals surface area contributed by atoms with Gasteiger partial charge in [-0.2, -0.15) is 20.5 Å². The lowest BCUT2D eigenvalue weighted by molar-refractivity contribution is 0.0557. The molecular formula is C28H30BrF2O6PS. The van der Waals surface area contributed by atoms with Crippen molar-refractivity contribution < 1.29 is 37.8 Å².